The van der Waals surface area contributed by atoms with E-state index in [0.717, 1.165) is 12.1 Å². The summed E-state index contributed by atoms with van der Waals surface area (Å²) < 4.78 is 11.0. The SMILES string of the molecule is CC1COCCN1CC(O)COc1cccc(C(N)=S)c1. The summed E-state index contributed by atoms with van der Waals surface area (Å²) in [5.41, 5.74) is 6.35. The predicted octanol–water partition coefficient (Wildman–Crippen LogP) is 0.781. The van der Waals surface area contributed by atoms with Crippen molar-refractivity contribution in [1.82, 2.24) is 4.90 Å². The number of hydrogen-bond donors (Lipinski definition) is 2. The third-order valence-corrected chi connectivity index (χ3v) is 3.75. The smallest absolute Gasteiger partial charge is 0.120 e. The zero-order valence-corrected chi connectivity index (χ0v) is 13.0. The predicted molar refractivity (Wildman–Crippen MR) is 85.7 cm³/mol. The molecule has 1 aromatic rings. The average Bonchev–Trinajstić information content (AvgIpc) is 2.48. The van der Waals surface area contributed by atoms with Gasteiger partial charge in [-0.1, -0.05) is 24.4 Å². The third-order valence-electron chi connectivity index (χ3n) is 3.51. The van der Waals surface area contributed by atoms with Crippen molar-refractivity contribution >= 4 is 17.2 Å². The van der Waals surface area contributed by atoms with Crippen LogP contribution in [0.5, 0.6) is 5.75 Å². The number of aliphatic hydroxyl groups excluding tert-OH is 1. The van der Waals surface area contributed by atoms with Gasteiger partial charge in [-0.25, -0.2) is 0 Å². The van der Waals surface area contributed by atoms with Crippen molar-refractivity contribution in [1.29, 1.82) is 0 Å². The largest absolute Gasteiger partial charge is 0.491 e. The summed E-state index contributed by atoms with van der Waals surface area (Å²) in [7, 11) is 0. The van der Waals surface area contributed by atoms with E-state index in [1.54, 1.807) is 6.07 Å². The molecule has 1 heterocycles. The van der Waals surface area contributed by atoms with Crippen LogP contribution in [0.4, 0.5) is 0 Å². The third kappa shape index (κ3) is 4.93. The molecule has 5 nitrogen and oxygen atoms in total. The average molecular weight is 310 g/mol. The first-order valence-electron chi connectivity index (χ1n) is 7.09. The van der Waals surface area contributed by atoms with Crippen molar-refractivity contribution in [2.45, 2.75) is 19.1 Å². The number of ether oxygens (including phenoxy) is 2. The topological polar surface area (TPSA) is 68.0 Å². The van der Waals surface area contributed by atoms with Crippen molar-refractivity contribution < 1.29 is 14.6 Å². The monoisotopic (exact) mass is 310 g/mol. The van der Waals surface area contributed by atoms with E-state index in [9.17, 15) is 5.11 Å². The minimum atomic E-state index is -0.543. The first kappa shape index (κ1) is 16.2. The Morgan fingerprint density at radius 1 is 1.62 bits per heavy atom. The lowest BCUT2D eigenvalue weighted by Crippen LogP contribution is -2.47. The summed E-state index contributed by atoms with van der Waals surface area (Å²) in [6, 6.07) is 7.60. The minimum absolute atomic E-state index is 0.241. The van der Waals surface area contributed by atoms with Crippen LogP contribution >= 0.6 is 12.2 Å². The summed E-state index contributed by atoms with van der Waals surface area (Å²) in [6.45, 7) is 5.19. The summed E-state index contributed by atoms with van der Waals surface area (Å²) >= 11 is 4.93. The van der Waals surface area contributed by atoms with Gasteiger partial charge in [0.15, 0.2) is 0 Å². The van der Waals surface area contributed by atoms with Gasteiger partial charge in [0.05, 0.1) is 13.2 Å². The molecular weight excluding hydrogens is 288 g/mol. The molecule has 2 rings (SSSR count). The van der Waals surface area contributed by atoms with Gasteiger partial charge in [0.25, 0.3) is 0 Å². The number of rotatable bonds is 6. The molecular formula is C15H22N2O3S. The van der Waals surface area contributed by atoms with Crippen LogP contribution in [0, 0.1) is 0 Å². The van der Waals surface area contributed by atoms with E-state index in [-0.39, 0.29) is 6.61 Å². The van der Waals surface area contributed by atoms with Crippen LogP contribution in [0.25, 0.3) is 0 Å². The highest BCUT2D eigenvalue weighted by molar-refractivity contribution is 7.80. The van der Waals surface area contributed by atoms with Crippen molar-refractivity contribution in [3.05, 3.63) is 29.8 Å². The van der Waals surface area contributed by atoms with E-state index in [0.29, 0.717) is 36.5 Å². The number of nitrogens with two attached hydrogens (primary N) is 1. The molecule has 6 heteroatoms. The van der Waals surface area contributed by atoms with Crippen LogP contribution in [-0.2, 0) is 4.74 Å². The second kappa shape index (κ2) is 7.70. The number of nitrogens with zero attached hydrogens (tertiary/aromatic N) is 1. The van der Waals surface area contributed by atoms with E-state index in [1.807, 2.05) is 18.2 Å². The number of morpholine rings is 1. The maximum Gasteiger partial charge on any atom is 0.120 e. The molecule has 1 saturated heterocycles. The molecule has 1 fully saturated rings. The zero-order chi connectivity index (χ0) is 15.2. The molecule has 21 heavy (non-hydrogen) atoms. The molecule has 0 bridgehead atoms. The normalized spacial score (nSPS) is 21.0. The van der Waals surface area contributed by atoms with Gasteiger partial charge in [-0.2, -0.15) is 0 Å². The van der Waals surface area contributed by atoms with Gasteiger partial charge in [0, 0.05) is 24.7 Å². The van der Waals surface area contributed by atoms with Crippen LogP contribution in [0.15, 0.2) is 24.3 Å². The number of aliphatic hydroxyl groups is 1. The molecule has 0 radical (unpaired) electrons. The molecule has 1 aromatic carbocycles. The van der Waals surface area contributed by atoms with Crippen molar-refractivity contribution in [3.63, 3.8) is 0 Å². The first-order valence-corrected chi connectivity index (χ1v) is 7.49. The van der Waals surface area contributed by atoms with E-state index in [4.69, 9.17) is 27.4 Å². The molecule has 0 aromatic heterocycles. The highest BCUT2D eigenvalue weighted by Gasteiger charge is 2.21. The fraction of sp³-hybridized carbons (Fsp3) is 0.533. The summed E-state index contributed by atoms with van der Waals surface area (Å²) in [6.07, 6.45) is -0.543. The lowest BCUT2D eigenvalue weighted by atomic mass is 10.2. The molecule has 3 N–H and O–H groups in total. The molecule has 0 amide bonds. The van der Waals surface area contributed by atoms with Gasteiger partial charge < -0.3 is 20.3 Å². The fourth-order valence-electron chi connectivity index (χ4n) is 2.29. The summed E-state index contributed by atoms with van der Waals surface area (Å²) in [5, 5.41) is 10.1. The molecule has 0 saturated carbocycles. The van der Waals surface area contributed by atoms with Crippen LogP contribution in [0.1, 0.15) is 12.5 Å². The molecule has 0 aliphatic carbocycles. The van der Waals surface area contributed by atoms with Crippen molar-refractivity contribution in [2.75, 3.05) is 32.9 Å². The van der Waals surface area contributed by atoms with E-state index >= 15 is 0 Å². The van der Waals surface area contributed by atoms with Gasteiger partial charge >= 0.3 is 0 Å². The quantitative estimate of drug-likeness (QED) is 0.757. The lowest BCUT2D eigenvalue weighted by molar-refractivity contribution is -0.0265. The van der Waals surface area contributed by atoms with Gasteiger partial charge in [0.2, 0.25) is 0 Å². The molecule has 1 aliphatic rings. The van der Waals surface area contributed by atoms with Crippen LogP contribution in [0.2, 0.25) is 0 Å². The maximum atomic E-state index is 10.1. The molecule has 2 atom stereocenters. The van der Waals surface area contributed by atoms with Gasteiger partial charge in [0.1, 0.15) is 23.4 Å². The number of thiocarbonyl (C=S) groups is 1. The van der Waals surface area contributed by atoms with E-state index in [2.05, 4.69) is 11.8 Å². The zero-order valence-electron chi connectivity index (χ0n) is 12.2. The molecule has 1 aliphatic heterocycles. The fourth-order valence-corrected chi connectivity index (χ4v) is 2.41. The Kier molecular flexibility index (Phi) is 5.93. The van der Waals surface area contributed by atoms with Crippen molar-refractivity contribution in [3.8, 4) is 5.75 Å². The minimum Gasteiger partial charge on any atom is -0.491 e. The Labute approximate surface area is 130 Å². The Bertz CT molecular complexity index is 484. The van der Waals surface area contributed by atoms with E-state index < -0.39 is 6.10 Å². The highest BCUT2D eigenvalue weighted by atomic mass is 32.1. The Morgan fingerprint density at radius 3 is 3.14 bits per heavy atom. The second-order valence-corrected chi connectivity index (χ2v) is 5.72. The molecule has 0 spiro atoms. The number of benzene rings is 1. The first-order chi connectivity index (χ1) is 10.1. The standard InChI is InChI=1S/C15H22N2O3S/c1-11-9-19-6-5-17(11)8-13(18)10-20-14-4-2-3-12(7-14)15(16)21/h2-4,7,11,13,18H,5-6,8-10H2,1H3,(H2,16,21). The second-order valence-electron chi connectivity index (χ2n) is 5.28. The van der Waals surface area contributed by atoms with Gasteiger partial charge in [-0.3, -0.25) is 4.90 Å². The highest BCUT2D eigenvalue weighted by Crippen LogP contribution is 2.14. The number of hydrogen-bond acceptors (Lipinski definition) is 5. The molecule has 2 unspecified atom stereocenters. The number of β-amino-alcohol motifs (C(OH)–C–C–N with tert-alkyl or cyclic N) is 1. The summed E-state index contributed by atoms with van der Waals surface area (Å²) in [5.74, 6) is 0.661. The Morgan fingerprint density at radius 2 is 2.43 bits per heavy atom. The van der Waals surface area contributed by atoms with Crippen LogP contribution in [0.3, 0.4) is 0 Å². The summed E-state index contributed by atoms with van der Waals surface area (Å²) in [4.78, 5) is 2.55. The Balaban J connectivity index is 1.82. The molecule has 116 valence electrons. The Hall–Kier alpha value is -1.21. The van der Waals surface area contributed by atoms with Crippen LogP contribution < -0.4 is 10.5 Å². The van der Waals surface area contributed by atoms with Gasteiger partial charge in [-0.15, -0.1) is 0 Å². The van der Waals surface area contributed by atoms with E-state index in [1.165, 1.54) is 0 Å². The maximum absolute atomic E-state index is 10.1. The van der Waals surface area contributed by atoms with Crippen molar-refractivity contribution in [2.24, 2.45) is 5.73 Å². The van der Waals surface area contributed by atoms with Crippen LogP contribution in [-0.4, -0.2) is 60.1 Å². The lowest BCUT2D eigenvalue weighted by Gasteiger charge is -2.34. The van der Waals surface area contributed by atoms with Gasteiger partial charge in [-0.05, 0) is 19.1 Å².